The summed E-state index contributed by atoms with van der Waals surface area (Å²) in [4.78, 5) is 23.7. The molecule has 18 heavy (non-hydrogen) atoms. The second-order valence-electron chi connectivity index (χ2n) is 4.39. The number of nitrogens with zero attached hydrogens (tertiary/aromatic N) is 2. The molecule has 1 aliphatic rings. The fraction of sp³-hybridized carbons (Fsp3) is 0.308. The molecule has 1 aromatic carbocycles. The number of rotatable bonds is 3. The first-order chi connectivity index (χ1) is 8.57. The van der Waals surface area contributed by atoms with Crippen LogP contribution < -0.4 is 5.32 Å². The van der Waals surface area contributed by atoms with Gasteiger partial charge in [0.1, 0.15) is 5.54 Å². The van der Waals surface area contributed by atoms with E-state index in [9.17, 15) is 9.59 Å². The summed E-state index contributed by atoms with van der Waals surface area (Å²) in [6, 6.07) is 8.84. The van der Waals surface area contributed by atoms with Gasteiger partial charge in [-0.25, -0.2) is 4.79 Å². The van der Waals surface area contributed by atoms with Crippen LogP contribution >= 0.6 is 0 Å². The van der Waals surface area contributed by atoms with Gasteiger partial charge < -0.3 is 5.32 Å². The summed E-state index contributed by atoms with van der Waals surface area (Å²) in [5.74, 6) is -0.317. The van der Waals surface area contributed by atoms with Gasteiger partial charge in [0.25, 0.3) is 5.91 Å². The van der Waals surface area contributed by atoms with Gasteiger partial charge in [-0.05, 0) is 18.9 Å². The molecule has 5 heteroatoms. The normalized spacial score (nSPS) is 23.8. The third-order valence-electron chi connectivity index (χ3n) is 3.07. The molecule has 1 saturated heterocycles. The standard InChI is InChI=1S/C13H15N3O2/c1-3-13(2)11(17)16(12(18)15-13)14-9-10-7-5-4-6-8-10/h4-9H,3H2,1-2H3,(H,15,18). The van der Waals surface area contributed by atoms with Gasteiger partial charge in [0.05, 0.1) is 6.21 Å². The number of benzene rings is 1. The first kappa shape index (κ1) is 12.3. The van der Waals surface area contributed by atoms with Gasteiger partial charge in [0.2, 0.25) is 0 Å². The fourth-order valence-corrected chi connectivity index (χ4v) is 1.68. The SMILES string of the molecule is CCC1(C)NC(=O)N(N=Cc2ccccc2)C1=O. The number of hydrazone groups is 1. The summed E-state index contributed by atoms with van der Waals surface area (Å²) < 4.78 is 0. The molecular formula is C13H15N3O2. The Bertz CT molecular complexity index is 498. The van der Waals surface area contributed by atoms with E-state index in [-0.39, 0.29) is 5.91 Å². The first-order valence-electron chi connectivity index (χ1n) is 5.82. The molecule has 1 heterocycles. The van der Waals surface area contributed by atoms with E-state index < -0.39 is 11.6 Å². The van der Waals surface area contributed by atoms with Gasteiger partial charge in [0.15, 0.2) is 0 Å². The van der Waals surface area contributed by atoms with Crippen LogP contribution in [0.15, 0.2) is 35.4 Å². The monoisotopic (exact) mass is 245 g/mol. The van der Waals surface area contributed by atoms with Gasteiger partial charge >= 0.3 is 6.03 Å². The molecule has 0 bridgehead atoms. The van der Waals surface area contributed by atoms with Gasteiger partial charge in [0, 0.05) is 0 Å². The zero-order valence-electron chi connectivity index (χ0n) is 10.4. The maximum Gasteiger partial charge on any atom is 0.346 e. The van der Waals surface area contributed by atoms with Crippen LogP contribution in [-0.2, 0) is 4.79 Å². The lowest BCUT2D eigenvalue weighted by Crippen LogP contribution is -2.42. The zero-order chi connectivity index (χ0) is 13.2. The Morgan fingerprint density at radius 2 is 2.00 bits per heavy atom. The largest absolute Gasteiger partial charge is 0.346 e. The van der Waals surface area contributed by atoms with Gasteiger partial charge in [-0.2, -0.15) is 5.10 Å². The highest BCUT2D eigenvalue weighted by Gasteiger charge is 2.46. The van der Waals surface area contributed by atoms with Crippen molar-refractivity contribution in [1.82, 2.24) is 10.3 Å². The predicted molar refractivity (Wildman–Crippen MR) is 68.1 cm³/mol. The van der Waals surface area contributed by atoms with Gasteiger partial charge in [-0.3, -0.25) is 4.79 Å². The minimum absolute atomic E-state index is 0.317. The highest BCUT2D eigenvalue weighted by atomic mass is 16.2. The molecule has 1 aromatic rings. The van der Waals surface area contributed by atoms with Gasteiger partial charge in [-0.1, -0.05) is 37.3 Å². The maximum atomic E-state index is 12.0. The van der Waals surface area contributed by atoms with Crippen molar-refractivity contribution in [2.24, 2.45) is 5.10 Å². The number of imide groups is 1. The molecule has 1 aliphatic heterocycles. The molecule has 94 valence electrons. The van der Waals surface area contributed by atoms with Crippen LogP contribution in [0.2, 0.25) is 0 Å². The topological polar surface area (TPSA) is 61.8 Å². The number of nitrogens with one attached hydrogen (secondary N) is 1. The Morgan fingerprint density at radius 3 is 2.56 bits per heavy atom. The molecule has 3 amide bonds. The number of carbonyl (C=O) groups is 2. The minimum atomic E-state index is -0.842. The first-order valence-corrected chi connectivity index (χ1v) is 5.82. The quantitative estimate of drug-likeness (QED) is 0.651. The zero-order valence-corrected chi connectivity index (χ0v) is 10.4. The Labute approximate surface area is 105 Å². The van der Waals surface area contributed by atoms with E-state index in [1.165, 1.54) is 6.21 Å². The molecule has 0 aliphatic carbocycles. The number of urea groups is 1. The average Bonchev–Trinajstić information content (AvgIpc) is 2.60. The van der Waals surface area contributed by atoms with Crippen molar-refractivity contribution < 1.29 is 9.59 Å². The number of carbonyl (C=O) groups excluding carboxylic acids is 2. The van der Waals surface area contributed by atoms with Crippen LogP contribution in [0.5, 0.6) is 0 Å². The lowest BCUT2D eigenvalue weighted by atomic mass is 10.00. The van der Waals surface area contributed by atoms with Crippen LogP contribution in [0.25, 0.3) is 0 Å². The molecule has 1 unspecified atom stereocenters. The van der Waals surface area contributed by atoms with Crippen LogP contribution in [0.4, 0.5) is 4.79 Å². The van der Waals surface area contributed by atoms with E-state index in [1.54, 1.807) is 6.92 Å². The highest BCUT2D eigenvalue weighted by molar-refractivity contribution is 6.07. The highest BCUT2D eigenvalue weighted by Crippen LogP contribution is 2.20. The Hall–Kier alpha value is -2.17. The lowest BCUT2D eigenvalue weighted by molar-refractivity contribution is -0.130. The molecule has 0 aromatic heterocycles. The van der Waals surface area contributed by atoms with Crippen molar-refractivity contribution in [3.8, 4) is 0 Å². The van der Waals surface area contributed by atoms with Crippen molar-refractivity contribution in [3.63, 3.8) is 0 Å². The van der Waals surface area contributed by atoms with Crippen LogP contribution in [0.3, 0.4) is 0 Å². The Kier molecular flexibility index (Phi) is 3.14. The third kappa shape index (κ3) is 2.11. The Balaban J connectivity index is 2.18. The van der Waals surface area contributed by atoms with E-state index in [0.29, 0.717) is 6.42 Å². The van der Waals surface area contributed by atoms with Crippen molar-refractivity contribution in [2.45, 2.75) is 25.8 Å². The summed E-state index contributed by atoms with van der Waals surface area (Å²) in [6.07, 6.45) is 2.04. The summed E-state index contributed by atoms with van der Waals surface area (Å²) in [5, 5.41) is 7.47. The molecule has 0 saturated carbocycles. The van der Waals surface area contributed by atoms with Crippen molar-refractivity contribution in [1.29, 1.82) is 0 Å². The second-order valence-corrected chi connectivity index (χ2v) is 4.39. The maximum absolute atomic E-state index is 12.0. The van der Waals surface area contributed by atoms with Crippen molar-refractivity contribution in [3.05, 3.63) is 35.9 Å². The van der Waals surface area contributed by atoms with E-state index in [1.807, 2.05) is 37.3 Å². The van der Waals surface area contributed by atoms with Crippen LogP contribution in [0.1, 0.15) is 25.8 Å². The molecule has 1 N–H and O–H groups in total. The molecule has 1 atom stereocenters. The van der Waals surface area contributed by atoms with Crippen molar-refractivity contribution >= 4 is 18.2 Å². The summed E-state index contributed by atoms with van der Waals surface area (Å²) >= 11 is 0. The minimum Gasteiger partial charge on any atom is -0.322 e. The van der Waals surface area contributed by atoms with E-state index in [0.717, 1.165) is 10.6 Å². The summed E-state index contributed by atoms with van der Waals surface area (Å²) in [6.45, 7) is 3.55. The smallest absolute Gasteiger partial charge is 0.322 e. The number of hydrogen-bond acceptors (Lipinski definition) is 3. The summed E-state index contributed by atoms with van der Waals surface area (Å²) in [5.41, 5.74) is -0.00585. The van der Waals surface area contributed by atoms with E-state index >= 15 is 0 Å². The average molecular weight is 245 g/mol. The third-order valence-corrected chi connectivity index (χ3v) is 3.07. The molecular weight excluding hydrogens is 230 g/mol. The van der Waals surface area contributed by atoms with Crippen LogP contribution in [0, 0.1) is 0 Å². The number of amides is 3. The van der Waals surface area contributed by atoms with E-state index in [4.69, 9.17) is 0 Å². The fourth-order valence-electron chi connectivity index (χ4n) is 1.68. The van der Waals surface area contributed by atoms with Crippen LogP contribution in [-0.4, -0.2) is 28.7 Å². The van der Waals surface area contributed by atoms with Crippen molar-refractivity contribution in [2.75, 3.05) is 0 Å². The summed E-state index contributed by atoms with van der Waals surface area (Å²) in [7, 11) is 0. The molecule has 0 radical (unpaired) electrons. The van der Waals surface area contributed by atoms with E-state index in [2.05, 4.69) is 10.4 Å². The number of hydrogen-bond donors (Lipinski definition) is 1. The molecule has 5 nitrogen and oxygen atoms in total. The molecule has 0 spiro atoms. The Morgan fingerprint density at radius 1 is 1.33 bits per heavy atom. The predicted octanol–water partition coefficient (Wildman–Crippen LogP) is 1.74. The van der Waals surface area contributed by atoms with Gasteiger partial charge in [-0.15, -0.1) is 5.01 Å². The molecule has 2 rings (SSSR count). The second kappa shape index (κ2) is 4.60. The lowest BCUT2D eigenvalue weighted by Gasteiger charge is -2.17. The molecule has 1 fully saturated rings.